The predicted octanol–water partition coefficient (Wildman–Crippen LogP) is 3.56. The Balaban J connectivity index is 1.82. The zero-order valence-corrected chi connectivity index (χ0v) is 18.0. The number of hydrogen-bond acceptors (Lipinski definition) is 4. The Kier molecular flexibility index (Phi) is 6.22. The van der Waals surface area contributed by atoms with Crippen LogP contribution >= 0.6 is 11.6 Å². The molecule has 1 aliphatic rings. The van der Waals surface area contributed by atoms with E-state index >= 15 is 8.78 Å². The highest BCUT2D eigenvalue weighted by Crippen LogP contribution is 2.32. The van der Waals surface area contributed by atoms with Crippen molar-refractivity contribution in [2.24, 2.45) is 0 Å². The number of benzene rings is 1. The number of carbonyl (C=O) groups excluding carboxylic acids is 1. The quantitative estimate of drug-likeness (QED) is 0.648. The highest BCUT2D eigenvalue weighted by atomic mass is 35.5. The van der Waals surface area contributed by atoms with Gasteiger partial charge in [0, 0.05) is 49.4 Å². The molecule has 0 aliphatic carbocycles. The zero-order valence-electron chi connectivity index (χ0n) is 17.3. The van der Waals surface area contributed by atoms with Gasteiger partial charge in [0.2, 0.25) is 0 Å². The van der Waals surface area contributed by atoms with Gasteiger partial charge in [0.25, 0.3) is 5.91 Å². The molecule has 9 heteroatoms. The fourth-order valence-corrected chi connectivity index (χ4v) is 4.10. The third-order valence-corrected chi connectivity index (χ3v) is 5.78. The fourth-order valence-electron chi connectivity index (χ4n) is 3.95. The van der Waals surface area contributed by atoms with Crippen molar-refractivity contribution in [2.75, 3.05) is 33.3 Å². The minimum absolute atomic E-state index is 0.0937. The van der Waals surface area contributed by atoms with Gasteiger partial charge in [-0.2, -0.15) is 0 Å². The van der Waals surface area contributed by atoms with Gasteiger partial charge in [-0.15, -0.1) is 0 Å². The van der Waals surface area contributed by atoms with Gasteiger partial charge >= 0.3 is 0 Å². The summed E-state index contributed by atoms with van der Waals surface area (Å²) in [7, 11) is 1.40. The van der Waals surface area contributed by atoms with Gasteiger partial charge in [-0.3, -0.25) is 9.69 Å². The Morgan fingerprint density at radius 2 is 2.06 bits per heavy atom. The molecular formula is C22H23ClF2N4O2. The second kappa shape index (κ2) is 8.90. The van der Waals surface area contributed by atoms with E-state index in [0.717, 1.165) is 31.8 Å². The monoisotopic (exact) mass is 448 g/mol. The average Bonchev–Trinajstić information content (AvgIpc) is 3.09. The molecule has 1 fully saturated rings. The van der Waals surface area contributed by atoms with Crippen molar-refractivity contribution in [3.05, 3.63) is 58.4 Å². The van der Waals surface area contributed by atoms with E-state index in [1.807, 2.05) is 0 Å². The fraction of sp³-hybridized carbons (Fsp3) is 0.364. The van der Waals surface area contributed by atoms with Crippen molar-refractivity contribution in [1.82, 2.24) is 19.6 Å². The zero-order chi connectivity index (χ0) is 22.1. The van der Waals surface area contributed by atoms with Gasteiger partial charge in [0.15, 0.2) is 0 Å². The normalized spacial score (nSPS) is 17.3. The Morgan fingerprint density at radius 1 is 1.32 bits per heavy atom. The molecule has 3 aromatic rings. The number of ether oxygens (including phenoxy) is 1. The molecule has 31 heavy (non-hydrogen) atoms. The summed E-state index contributed by atoms with van der Waals surface area (Å²) in [6.07, 6.45) is 2.02. The summed E-state index contributed by atoms with van der Waals surface area (Å²) in [6, 6.07) is 5.39. The van der Waals surface area contributed by atoms with Crippen LogP contribution in [0.2, 0.25) is 5.02 Å². The van der Waals surface area contributed by atoms with Crippen LogP contribution < -0.4 is 5.32 Å². The number of likely N-dealkylation sites (N-methyl/N-ethyl adjacent to an activating group) is 1. The number of halogens is 3. The lowest BCUT2D eigenvalue weighted by molar-refractivity contribution is -0.0262. The third-order valence-electron chi connectivity index (χ3n) is 5.55. The maximum absolute atomic E-state index is 15.0. The van der Waals surface area contributed by atoms with E-state index in [1.165, 1.54) is 7.05 Å². The van der Waals surface area contributed by atoms with Gasteiger partial charge in [-0.25, -0.2) is 13.8 Å². The third kappa shape index (κ3) is 4.28. The van der Waals surface area contributed by atoms with Crippen LogP contribution in [0.3, 0.4) is 0 Å². The molecule has 1 amide bonds. The standard InChI is InChI=1S/C22H23ClF2N4O2/c1-3-28-6-7-31-15(12-28)11-18-21(27-19-10-14(23)4-5-29(18)19)20-16(24)8-13(9-17(20)25)22(30)26-2/h4-5,8-10,15H,3,6-7,11-12H2,1-2H3,(H,26,30)/t15-/m0/s1. The Bertz CT molecular complexity index is 1110. The lowest BCUT2D eigenvalue weighted by Gasteiger charge is -2.32. The van der Waals surface area contributed by atoms with Crippen molar-refractivity contribution in [3.8, 4) is 11.3 Å². The molecule has 2 aromatic heterocycles. The molecule has 3 heterocycles. The topological polar surface area (TPSA) is 58.9 Å². The first kappa shape index (κ1) is 21.7. The molecule has 0 saturated carbocycles. The molecule has 1 saturated heterocycles. The summed E-state index contributed by atoms with van der Waals surface area (Å²) in [4.78, 5) is 18.6. The minimum atomic E-state index is -0.853. The summed E-state index contributed by atoms with van der Waals surface area (Å²) in [5.41, 5.74) is 0.919. The molecule has 0 radical (unpaired) electrons. The molecule has 0 unspecified atom stereocenters. The van der Waals surface area contributed by atoms with Crippen LogP contribution in [-0.4, -0.2) is 59.6 Å². The summed E-state index contributed by atoms with van der Waals surface area (Å²) >= 11 is 6.11. The van der Waals surface area contributed by atoms with E-state index in [1.54, 1.807) is 22.7 Å². The van der Waals surface area contributed by atoms with Crippen LogP contribution in [0, 0.1) is 11.6 Å². The van der Waals surface area contributed by atoms with Crippen LogP contribution in [-0.2, 0) is 11.2 Å². The highest BCUT2D eigenvalue weighted by molar-refractivity contribution is 6.30. The molecule has 4 rings (SSSR count). The number of carbonyl (C=O) groups is 1. The average molecular weight is 449 g/mol. The molecular weight excluding hydrogens is 426 g/mol. The van der Waals surface area contributed by atoms with E-state index < -0.39 is 17.5 Å². The first-order chi connectivity index (χ1) is 14.9. The molecule has 1 N–H and O–H groups in total. The number of fused-ring (bicyclic) bond motifs is 1. The SMILES string of the molecule is CCN1CCO[C@@H](Cc2c(-c3c(F)cc(C(=O)NC)cc3F)nc3cc(Cl)ccn23)C1. The van der Waals surface area contributed by atoms with Gasteiger partial charge < -0.3 is 14.5 Å². The second-order valence-corrected chi connectivity index (χ2v) is 7.90. The van der Waals surface area contributed by atoms with E-state index in [-0.39, 0.29) is 22.9 Å². The summed E-state index contributed by atoms with van der Waals surface area (Å²) in [5.74, 6) is -2.27. The minimum Gasteiger partial charge on any atom is -0.375 e. The highest BCUT2D eigenvalue weighted by Gasteiger charge is 2.27. The maximum Gasteiger partial charge on any atom is 0.251 e. The van der Waals surface area contributed by atoms with E-state index in [4.69, 9.17) is 16.3 Å². The number of rotatable bonds is 5. The number of nitrogens with zero attached hydrogens (tertiary/aromatic N) is 3. The molecule has 1 aromatic carbocycles. The number of aromatic nitrogens is 2. The van der Waals surface area contributed by atoms with Crippen molar-refractivity contribution in [1.29, 1.82) is 0 Å². The lowest BCUT2D eigenvalue weighted by Crippen LogP contribution is -2.43. The first-order valence-electron chi connectivity index (χ1n) is 10.1. The van der Waals surface area contributed by atoms with E-state index in [0.29, 0.717) is 29.4 Å². The van der Waals surface area contributed by atoms with Gasteiger partial charge in [-0.1, -0.05) is 18.5 Å². The molecule has 0 spiro atoms. The Morgan fingerprint density at radius 3 is 2.74 bits per heavy atom. The first-order valence-corrected chi connectivity index (χ1v) is 10.5. The van der Waals surface area contributed by atoms with Crippen molar-refractivity contribution < 1.29 is 18.3 Å². The lowest BCUT2D eigenvalue weighted by atomic mass is 10.0. The van der Waals surface area contributed by atoms with E-state index in [9.17, 15) is 4.79 Å². The van der Waals surface area contributed by atoms with Gasteiger partial charge in [-0.05, 0) is 24.7 Å². The molecule has 0 bridgehead atoms. The second-order valence-electron chi connectivity index (χ2n) is 7.46. The number of imidazole rings is 1. The number of pyridine rings is 1. The van der Waals surface area contributed by atoms with Crippen LogP contribution in [0.5, 0.6) is 0 Å². The smallest absolute Gasteiger partial charge is 0.251 e. The van der Waals surface area contributed by atoms with Crippen molar-refractivity contribution in [2.45, 2.75) is 19.4 Å². The molecule has 1 aliphatic heterocycles. The number of morpholine rings is 1. The van der Waals surface area contributed by atoms with Crippen LogP contribution in [0.25, 0.3) is 16.9 Å². The summed E-state index contributed by atoms with van der Waals surface area (Å²) in [5, 5.41) is 2.84. The summed E-state index contributed by atoms with van der Waals surface area (Å²) < 4.78 is 37.8. The van der Waals surface area contributed by atoms with E-state index in [2.05, 4.69) is 22.1 Å². The van der Waals surface area contributed by atoms with Crippen LogP contribution in [0.4, 0.5) is 8.78 Å². The number of amides is 1. The van der Waals surface area contributed by atoms with Gasteiger partial charge in [0.1, 0.15) is 17.3 Å². The van der Waals surface area contributed by atoms with Crippen molar-refractivity contribution in [3.63, 3.8) is 0 Å². The number of hydrogen-bond donors (Lipinski definition) is 1. The molecule has 164 valence electrons. The van der Waals surface area contributed by atoms with Crippen LogP contribution in [0.15, 0.2) is 30.5 Å². The van der Waals surface area contributed by atoms with Gasteiger partial charge in [0.05, 0.1) is 29.7 Å². The van der Waals surface area contributed by atoms with Crippen LogP contribution in [0.1, 0.15) is 23.0 Å². The largest absolute Gasteiger partial charge is 0.375 e. The summed E-state index contributed by atoms with van der Waals surface area (Å²) in [6.45, 7) is 5.16. The Labute approximate surface area is 183 Å². The maximum atomic E-state index is 15.0. The number of nitrogens with one attached hydrogen (secondary N) is 1. The Hall–Kier alpha value is -2.55. The molecule has 6 nitrogen and oxygen atoms in total. The molecule has 1 atom stereocenters. The predicted molar refractivity (Wildman–Crippen MR) is 115 cm³/mol. The van der Waals surface area contributed by atoms with Crippen molar-refractivity contribution >= 4 is 23.2 Å².